The van der Waals surface area contributed by atoms with Gasteiger partial charge in [-0.1, -0.05) is 46.1 Å². The fraction of sp³-hybridized carbons (Fsp3) is 0.136. The SMILES string of the molecule is CCCc1nc2ccc(Br)cc2c(=O)n1N=Cc1ccc(-c2ccc(Cl)cc2Cl)o1. The van der Waals surface area contributed by atoms with Crippen molar-refractivity contribution in [3.05, 3.63) is 85.0 Å². The first-order valence-corrected chi connectivity index (χ1v) is 10.8. The molecule has 0 aliphatic carbocycles. The Morgan fingerprint density at radius 3 is 2.77 bits per heavy atom. The lowest BCUT2D eigenvalue weighted by molar-refractivity contribution is 0.573. The Balaban J connectivity index is 1.73. The van der Waals surface area contributed by atoms with Crippen molar-refractivity contribution < 1.29 is 4.42 Å². The molecule has 2 heterocycles. The molecule has 0 bridgehead atoms. The number of furan rings is 1. The summed E-state index contributed by atoms with van der Waals surface area (Å²) < 4.78 is 7.98. The van der Waals surface area contributed by atoms with Gasteiger partial charge in [0.25, 0.3) is 5.56 Å². The summed E-state index contributed by atoms with van der Waals surface area (Å²) in [6, 6.07) is 14.2. The Kier molecular flexibility index (Phi) is 6.09. The number of benzene rings is 2. The van der Waals surface area contributed by atoms with Gasteiger partial charge in [-0.25, -0.2) is 4.98 Å². The van der Waals surface area contributed by atoms with Gasteiger partial charge in [0.2, 0.25) is 0 Å². The highest BCUT2D eigenvalue weighted by atomic mass is 79.9. The van der Waals surface area contributed by atoms with E-state index >= 15 is 0 Å². The Morgan fingerprint density at radius 1 is 1.17 bits per heavy atom. The van der Waals surface area contributed by atoms with Crippen LogP contribution >= 0.6 is 39.1 Å². The summed E-state index contributed by atoms with van der Waals surface area (Å²) in [5.41, 5.74) is 1.14. The Morgan fingerprint density at radius 2 is 2.00 bits per heavy atom. The molecule has 152 valence electrons. The van der Waals surface area contributed by atoms with Crippen molar-refractivity contribution in [1.82, 2.24) is 9.66 Å². The molecule has 0 aliphatic heterocycles. The van der Waals surface area contributed by atoms with Crippen LogP contribution in [0.15, 0.2) is 67.3 Å². The van der Waals surface area contributed by atoms with Crippen LogP contribution in [0.4, 0.5) is 0 Å². The molecule has 8 heteroatoms. The molecule has 0 N–H and O–H groups in total. The topological polar surface area (TPSA) is 60.4 Å². The van der Waals surface area contributed by atoms with E-state index in [-0.39, 0.29) is 5.56 Å². The second kappa shape index (κ2) is 8.76. The van der Waals surface area contributed by atoms with Crippen LogP contribution in [0.1, 0.15) is 24.9 Å². The maximum absolute atomic E-state index is 13.0. The number of hydrogen-bond acceptors (Lipinski definition) is 4. The average molecular weight is 505 g/mol. The summed E-state index contributed by atoms with van der Waals surface area (Å²) in [5.74, 6) is 1.67. The standard InChI is InChI=1S/C22H16BrCl2N3O2/c1-2-3-21-27-19-8-4-13(23)10-17(19)22(29)28(21)26-12-15-6-9-20(30-15)16-7-5-14(24)11-18(16)25/h4-12H,2-3H2,1H3. The Bertz CT molecular complexity index is 1330. The third kappa shape index (κ3) is 4.21. The van der Waals surface area contributed by atoms with Crippen molar-refractivity contribution in [3.8, 4) is 11.3 Å². The molecule has 4 aromatic rings. The molecule has 0 unspecified atom stereocenters. The van der Waals surface area contributed by atoms with Crippen molar-refractivity contribution in [1.29, 1.82) is 0 Å². The van der Waals surface area contributed by atoms with E-state index in [1.807, 2.05) is 19.1 Å². The highest BCUT2D eigenvalue weighted by molar-refractivity contribution is 9.10. The number of aromatic nitrogens is 2. The molecule has 0 spiro atoms. The van der Waals surface area contributed by atoms with E-state index in [0.29, 0.717) is 44.7 Å². The predicted molar refractivity (Wildman–Crippen MR) is 125 cm³/mol. The average Bonchev–Trinajstić information content (AvgIpc) is 3.17. The summed E-state index contributed by atoms with van der Waals surface area (Å²) in [6.07, 6.45) is 2.96. The number of rotatable bonds is 5. The molecular weight excluding hydrogens is 489 g/mol. The van der Waals surface area contributed by atoms with E-state index < -0.39 is 0 Å². The smallest absolute Gasteiger partial charge is 0.282 e. The molecule has 0 saturated heterocycles. The van der Waals surface area contributed by atoms with Crippen molar-refractivity contribution in [2.24, 2.45) is 5.10 Å². The number of halogens is 3. The van der Waals surface area contributed by atoms with Gasteiger partial charge in [-0.05, 0) is 55.0 Å². The van der Waals surface area contributed by atoms with Gasteiger partial charge < -0.3 is 4.42 Å². The summed E-state index contributed by atoms with van der Waals surface area (Å²) in [5, 5.41) is 5.91. The molecular formula is C22H16BrCl2N3O2. The number of nitrogens with zero attached hydrogens (tertiary/aromatic N) is 3. The van der Waals surface area contributed by atoms with Crippen molar-refractivity contribution >= 4 is 56.2 Å². The van der Waals surface area contributed by atoms with Crippen LogP contribution < -0.4 is 5.56 Å². The van der Waals surface area contributed by atoms with E-state index in [1.54, 1.807) is 36.4 Å². The number of hydrogen-bond donors (Lipinski definition) is 0. The molecule has 0 atom stereocenters. The quantitative estimate of drug-likeness (QED) is 0.289. The molecule has 30 heavy (non-hydrogen) atoms. The van der Waals surface area contributed by atoms with Gasteiger partial charge in [0, 0.05) is 21.5 Å². The second-order valence-corrected chi connectivity index (χ2v) is 8.39. The van der Waals surface area contributed by atoms with E-state index in [2.05, 4.69) is 26.0 Å². The van der Waals surface area contributed by atoms with Gasteiger partial charge >= 0.3 is 0 Å². The van der Waals surface area contributed by atoms with E-state index in [1.165, 1.54) is 10.9 Å². The van der Waals surface area contributed by atoms with Crippen LogP contribution in [0.2, 0.25) is 10.0 Å². The maximum atomic E-state index is 13.0. The second-order valence-electron chi connectivity index (χ2n) is 6.63. The minimum atomic E-state index is -0.228. The molecule has 0 saturated carbocycles. The molecule has 0 aliphatic rings. The third-order valence-electron chi connectivity index (χ3n) is 4.47. The van der Waals surface area contributed by atoms with Gasteiger partial charge in [-0.3, -0.25) is 4.79 Å². The Labute approximate surface area is 191 Å². The zero-order chi connectivity index (χ0) is 21.3. The lowest BCUT2D eigenvalue weighted by Gasteiger charge is -2.08. The van der Waals surface area contributed by atoms with Gasteiger partial charge in [0.05, 0.1) is 22.1 Å². The molecule has 2 aromatic heterocycles. The monoisotopic (exact) mass is 503 g/mol. The van der Waals surface area contributed by atoms with Crippen molar-refractivity contribution in [2.75, 3.05) is 0 Å². The third-order valence-corrected chi connectivity index (χ3v) is 5.51. The van der Waals surface area contributed by atoms with Crippen molar-refractivity contribution in [2.45, 2.75) is 19.8 Å². The number of aryl methyl sites for hydroxylation is 1. The minimum Gasteiger partial charge on any atom is -0.455 e. The van der Waals surface area contributed by atoms with Crippen LogP contribution in [0.3, 0.4) is 0 Å². The van der Waals surface area contributed by atoms with E-state index in [9.17, 15) is 4.79 Å². The number of fused-ring (bicyclic) bond motifs is 1. The lowest BCUT2D eigenvalue weighted by atomic mass is 10.2. The molecule has 0 fully saturated rings. The van der Waals surface area contributed by atoms with Crippen LogP contribution in [-0.2, 0) is 6.42 Å². The van der Waals surface area contributed by atoms with E-state index in [0.717, 1.165) is 16.5 Å². The fourth-order valence-electron chi connectivity index (χ4n) is 3.07. The van der Waals surface area contributed by atoms with Crippen LogP contribution in [0.25, 0.3) is 22.2 Å². The first kappa shape index (κ1) is 20.8. The molecule has 2 aromatic carbocycles. The zero-order valence-electron chi connectivity index (χ0n) is 15.9. The van der Waals surface area contributed by atoms with Crippen LogP contribution in [0, 0.1) is 0 Å². The molecule has 5 nitrogen and oxygen atoms in total. The van der Waals surface area contributed by atoms with E-state index in [4.69, 9.17) is 27.6 Å². The first-order chi connectivity index (χ1) is 14.5. The zero-order valence-corrected chi connectivity index (χ0v) is 19.0. The first-order valence-electron chi connectivity index (χ1n) is 9.27. The van der Waals surface area contributed by atoms with Gasteiger partial charge in [0.1, 0.15) is 17.3 Å². The minimum absolute atomic E-state index is 0.228. The summed E-state index contributed by atoms with van der Waals surface area (Å²) >= 11 is 15.6. The predicted octanol–water partition coefficient (Wildman–Crippen LogP) is 6.56. The van der Waals surface area contributed by atoms with Gasteiger partial charge in [0.15, 0.2) is 0 Å². The summed E-state index contributed by atoms with van der Waals surface area (Å²) in [7, 11) is 0. The molecule has 0 radical (unpaired) electrons. The Hall–Kier alpha value is -2.41. The highest BCUT2D eigenvalue weighted by Crippen LogP contribution is 2.31. The summed E-state index contributed by atoms with van der Waals surface area (Å²) in [4.78, 5) is 17.6. The molecule has 0 amide bonds. The van der Waals surface area contributed by atoms with Gasteiger partial charge in [-0.15, -0.1) is 0 Å². The normalized spacial score (nSPS) is 11.6. The van der Waals surface area contributed by atoms with Crippen LogP contribution in [0.5, 0.6) is 0 Å². The maximum Gasteiger partial charge on any atom is 0.282 e. The lowest BCUT2D eigenvalue weighted by Crippen LogP contribution is -2.22. The summed E-state index contributed by atoms with van der Waals surface area (Å²) in [6.45, 7) is 2.03. The largest absolute Gasteiger partial charge is 0.455 e. The highest BCUT2D eigenvalue weighted by Gasteiger charge is 2.12. The van der Waals surface area contributed by atoms with Crippen molar-refractivity contribution in [3.63, 3.8) is 0 Å². The fourth-order valence-corrected chi connectivity index (χ4v) is 3.93. The van der Waals surface area contributed by atoms with Crippen LogP contribution in [-0.4, -0.2) is 15.9 Å². The van der Waals surface area contributed by atoms with Gasteiger partial charge in [-0.2, -0.15) is 9.78 Å². The molecule has 4 rings (SSSR count).